The molecule has 3 rings (SSSR count). The molecule has 1 aliphatic rings. The molecule has 1 fully saturated rings. The van der Waals surface area contributed by atoms with Crippen molar-refractivity contribution in [3.63, 3.8) is 0 Å². The Balaban J connectivity index is 2.32. The van der Waals surface area contributed by atoms with Crippen molar-refractivity contribution in [1.29, 1.82) is 5.41 Å². The van der Waals surface area contributed by atoms with E-state index in [0.29, 0.717) is 30.1 Å². The molecular formula is C20H25N7O. The van der Waals surface area contributed by atoms with Crippen LogP contribution in [0.3, 0.4) is 0 Å². The van der Waals surface area contributed by atoms with E-state index in [1.54, 1.807) is 19.3 Å². The Bertz CT molecular complexity index is 964. The molecule has 146 valence electrons. The minimum absolute atomic E-state index is 0.188. The molecule has 5 N–H and O–H groups in total. The van der Waals surface area contributed by atoms with E-state index in [9.17, 15) is 0 Å². The van der Waals surface area contributed by atoms with Crippen LogP contribution in [0.15, 0.2) is 41.7 Å². The Morgan fingerprint density at radius 1 is 1.46 bits per heavy atom. The van der Waals surface area contributed by atoms with Gasteiger partial charge < -0.3 is 26.5 Å². The maximum Gasteiger partial charge on any atom is 0.130 e. The normalized spacial score (nSPS) is 18.8. The summed E-state index contributed by atoms with van der Waals surface area (Å²) in [5.74, 6) is 0.807. The van der Waals surface area contributed by atoms with Crippen molar-refractivity contribution >= 4 is 34.3 Å². The first-order chi connectivity index (χ1) is 13.6. The molecular weight excluding hydrogens is 354 g/mol. The van der Waals surface area contributed by atoms with Gasteiger partial charge in [0.25, 0.3) is 0 Å². The van der Waals surface area contributed by atoms with Crippen molar-refractivity contribution in [2.45, 2.75) is 13.0 Å². The smallest absolute Gasteiger partial charge is 0.130 e. The van der Waals surface area contributed by atoms with Crippen LogP contribution >= 0.6 is 0 Å². The summed E-state index contributed by atoms with van der Waals surface area (Å²) in [6, 6.07) is 4.10. The molecule has 3 heterocycles. The fourth-order valence-electron chi connectivity index (χ4n) is 3.32. The maximum absolute atomic E-state index is 7.32. The standard InChI is InChI=1S/C20H25N7O/c1-13-12-28-10-9-27(13)18-11-15(17(24-2)4-7-22)14-5-8-25-20(19(14)26-18)16(23)3-6-21/h3-8,11,13,21H,9-10,12,22-23H2,1-2H3/b7-4?,16-3-,21-6?,24-17?/t13-/m1/s1. The molecule has 0 saturated carbocycles. The van der Waals surface area contributed by atoms with Gasteiger partial charge in [-0.25, -0.2) is 4.98 Å². The predicted octanol–water partition coefficient (Wildman–Crippen LogP) is 1.70. The number of aliphatic imine (C=N–C) groups is 1. The average Bonchev–Trinajstić information content (AvgIpc) is 2.71. The second-order valence-corrected chi connectivity index (χ2v) is 6.46. The minimum atomic E-state index is 0.188. The van der Waals surface area contributed by atoms with Crippen molar-refractivity contribution in [1.82, 2.24) is 9.97 Å². The SMILES string of the molecule is CN=C(C=CN)c1cc(N2CCOC[C@H]2C)nc2c(/C(N)=C/C=N)nccc12. The molecule has 0 spiro atoms. The van der Waals surface area contributed by atoms with Gasteiger partial charge in [-0.3, -0.25) is 9.98 Å². The van der Waals surface area contributed by atoms with E-state index >= 15 is 0 Å². The lowest BCUT2D eigenvalue weighted by Crippen LogP contribution is -2.44. The van der Waals surface area contributed by atoms with Crippen LogP contribution in [0.5, 0.6) is 0 Å². The number of allylic oxidation sites excluding steroid dienone is 2. The largest absolute Gasteiger partial charge is 0.405 e. The Morgan fingerprint density at radius 3 is 2.96 bits per heavy atom. The molecule has 0 aliphatic carbocycles. The Morgan fingerprint density at radius 2 is 2.29 bits per heavy atom. The molecule has 0 unspecified atom stereocenters. The zero-order valence-corrected chi connectivity index (χ0v) is 16.1. The minimum Gasteiger partial charge on any atom is -0.405 e. The number of nitrogens with two attached hydrogens (primary N) is 2. The van der Waals surface area contributed by atoms with Crippen LogP contribution in [0.1, 0.15) is 18.2 Å². The topological polar surface area (TPSA) is 126 Å². The van der Waals surface area contributed by atoms with Crippen LogP contribution in [-0.4, -0.2) is 54.7 Å². The van der Waals surface area contributed by atoms with E-state index in [2.05, 4.69) is 21.8 Å². The summed E-state index contributed by atoms with van der Waals surface area (Å²) in [6.45, 7) is 4.13. The molecule has 1 aliphatic heterocycles. The summed E-state index contributed by atoms with van der Waals surface area (Å²) < 4.78 is 5.56. The number of hydrogen-bond donors (Lipinski definition) is 3. The number of nitrogens with zero attached hydrogens (tertiary/aromatic N) is 4. The van der Waals surface area contributed by atoms with E-state index in [1.165, 1.54) is 12.3 Å². The highest BCUT2D eigenvalue weighted by molar-refractivity contribution is 6.17. The second kappa shape index (κ2) is 8.62. The monoisotopic (exact) mass is 379 g/mol. The molecule has 0 aromatic carbocycles. The first kappa shape index (κ1) is 19.5. The summed E-state index contributed by atoms with van der Waals surface area (Å²) in [5.41, 5.74) is 15.0. The lowest BCUT2D eigenvalue weighted by molar-refractivity contribution is 0.0986. The number of aromatic nitrogens is 2. The van der Waals surface area contributed by atoms with Crippen molar-refractivity contribution in [2.75, 3.05) is 31.7 Å². The molecule has 8 nitrogen and oxygen atoms in total. The fraction of sp³-hybridized carbons (Fsp3) is 0.300. The van der Waals surface area contributed by atoms with Crippen molar-refractivity contribution < 1.29 is 4.74 Å². The number of nitrogens with one attached hydrogen (secondary N) is 1. The lowest BCUT2D eigenvalue weighted by Gasteiger charge is -2.34. The Labute approximate surface area is 164 Å². The van der Waals surface area contributed by atoms with Crippen LogP contribution < -0.4 is 16.4 Å². The molecule has 1 saturated heterocycles. The molecule has 28 heavy (non-hydrogen) atoms. The second-order valence-electron chi connectivity index (χ2n) is 6.46. The number of fused-ring (bicyclic) bond motifs is 1. The number of anilines is 1. The summed E-state index contributed by atoms with van der Waals surface area (Å²) in [7, 11) is 1.73. The number of ether oxygens (including phenoxy) is 1. The van der Waals surface area contributed by atoms with Gasteiger partial charge in [0.1, 0.15) is 17.0 Å². The highest BCUT2D eigenvalue weighted by atomic mass is 16.5. The lowest BCUT2D eigenvalue weighted by atomic mass is 10.0. The first-order valence-electron chi connectivity index (χ1n) is 9.06. The summed E-state index contributed by atoms with van der Waals surface area (Å²) in [4.78, 5) is 15.9. The molecule has 2 aromatic rings. The van der Waals surface area contributed by atoms with Gasteiger partial charge in [-0.05, 0) is 37.4 Å². The Kier molecular flexibility index (Phi) is 6.00. The molecule has 1 atom stereocenters. The van der Waals surface area contributed by atoms with Crippen LogP contribution in [0, 0.1) is 5.41 Å². The molecule has 0 radical (unpaired) electrons. The molecule has 2 aromatic heterocycles. The Hall–Kier alpha value is -3.26. The summed E-state index contributed by atoms with van der Waals surface area (Å²) in [6.07, 6.45) is 7.56. The fourth-order valence-corrected chi connectivity index (χ4v) is 3.32. The van der Waals surface area contributed by atoms with E-state index in [-0.39, 0.29) is 6.04 Å². The third kappa shape index (κ3) is 3.72. The zero-order valence-electron chi connectivity index (χ0n) is 16.1. The van der Waals surface area contributed by atoms with Gasteiger partial charge in [0.15, 0.2) is 0 Å². The third-order valence-corrected chi connectivity index (χ3v) is 4.68. The summed E-state index contributed by atoms with van der Waals surface area (Å²) >= 11 is 0. The van der Waals surface area contributed by atoms with E-state index in [1.807, 2.05) is 12.1 Å². The first-order valence-corrected chi connectivity index (χ1v) is 9.06. The third-order valence-electron chi connectivity index (χ3n) is 4.68. The average molecular weight is 379 g/mol. The van der Waals surface area contributed by atoms with Gasteiger partial charge in [0, 0.05) is 37.0 Å². The van der Waals surface area contributed by atoms with Gasteiger partial charge in [-0.2, -0.15) is 0 Å². The van der Waals surface area contributed by atoms with Crippen molar-refractivity contribution in [2.24, 2.45) is 16.5 Å². The van der Waals surface area contributed by atoms with E-state index in [4.69, 9.17) is 26.6 Å². The highest BCUT2D eigenvalue weighted by Gasteiger charge is 2.23. The number of hydrogen-bond acceptors (Lipinski definition) is 8. The predicted molar refractivity (Wildman–Crippen MR) is 114 cm³/mol. The number of rotatable bonds is 5. The molecule has 0 amide bonds. The van der Waals surface area contributed by atoms with Crippen LogP contribution in [0.25, 0.3) is 16.6 Å². The van der Waals surface area contributed by atoms with Gasteiger partial charge in [0.2, 0.25) is 0 Å². The van der Waals surface area contributed by atoms with Crippen LogP contribution in [-0.2, 0) is 4.74 Å². The number of pyridine rings is 2. The van der Waals surface area contributed by atoms with Crippen molar-refractivity contribution in [3.05, 3.63) is 47.9 Å². The van der Waals surface area contributed by atoms with Gasteiger partial charge in [0.05, 0.1) is 30.7 Å². The van der Waals surface area contributed by atoms with Crippen LogP contribution in [0.4, 0.5) is 5.82 Å². The summed E-state index contributed by atoms with van der Waals surface area (Å²) in [5, 5.41) is 8.19. The van der Waals surface area contributed by atoms with Crippen LogP contribution in [0.2, 0.25) is 0 Å². The van der Waals surface area contributed by atoms with Gasteiger partial charge in [-0.1, -0.05) is 0 Å². The van der Waals surface area contributed by atoms with Crippen molar-refractivity contribution in [3.8, 4) is 0 Å². The molecule has 8 heteroatoms. The number of morpholine rings is 1. The highest BCUT2D eigenvalue weighted by Crippen LogP contribution is 2.29. The maximum atomic E-state index is 7.32. The molecule has 0 bridgehead atoms. The van der Waals surface area contributed by atoms with E-state index < -0.39 is 0 Å². The quantitative estimate of drug-likeness (QED) is 0.679. The van der Waals surface area contributed by atoms with Gasteiger partial charge >= 0.3 is 0 Å². The zero-order chi connectivity index (χ0) is 20.1. The van der Waals surface area contributed by atoms with Gasteiger partial charge in [-0.15, -0.1) is 0 Å². The van der Waals surface area contributed by atoms with E-state index in [0.717, 1.165) is 35.2 Å².